The van der Waals surface area contributed by atoms with Crippen LogP contribution in [0.2, 0.25) is 0 Å². The number of piperidine rings is 1. The molecule has 2 heterocycles. The Bertz CT molecular complexity index is 299. The highest BCUT2D eigenvalue weighted by Gasteiger charge is 2.37. The van der Waals surface area contributed by atoms with Crippen LogP contribution in [0, 0.1) is 5.41 Å². The number of rotatable bonds is 1. The topological polar surface area (TPSA) is 44.8 Å². The van der Waals surface area contributed by atoms with Gasteiger partial charge in [-0.25, -0.2) is 4.79 Å². The van der Waals surface area contributed by atoms with Gasteiger partial charge in [0, 0.05) is 38.8 Å². The molecule has 5 heteroatoms. The van der Waals surface area contributed by atoms with E-state index in [9.17, 15) is 4.79 Å². The van der Waals surface area contributed by atoms with E-state index in [2.05, 4.69) is 24.1 Å². The molecule has 1 amide bonds. The van der Waals surface area contributed by atoms with E-state index in [1.54, 1.807) is 4.90 Å². The summed E-state index contributed by atoms with van der Waals surface area (Å²) < 4.78 is 4.77. The highest BCUT2D eigenvalue weighted by molar-refractivity contribution is 5.67. The molecule has 0 radical (unpaired) electrons. The second kappa shape index (κ2) is 5.45. The summed E-state index contributed by atoms with van der Waals surface area (Å²) in [5, 5.41) is 3.49. The number of nitrogens with one attached hydrogen (secondary N) is 1. The predicted octanol–water partition coefficient (Wildman–Crippen LogP) is 0.759. The fourth-order valence-electron chi connectivity index (χ4n) is 3.06. The summed E-state index contributed by atoms with van der Waals surface area (Å²) in [6.45, 7) is 10.3. The number of ether oxygens (including phenoxy) is 1. The first-order valence-corrected chi connectivity index (χ1v) is 6.82. The Morgan fingerprint density at radius 1 is 1.28 bits per heavy atom. The van der Waals surface area contributed by atoms with Gasteiger partial charge in [-0.1, -0.05) is 13.8 Å². The Balaban J connectivity index is 1.91. The summed E-state index contributed by atoms with van der Waals surface area (Å²) >= 11 is 0. The maximum atomic E-state index is 11.5. The van der Waals surface area contributed by atoms with Crippen LogP contribution in [0.5, 0.6) is 0 Å². The van der Waals surface area contributed by atoms with E-state index < -0.39 is 0 Å². The van der Waals surface area contributed by atoms with Gasteiger partial charge in [-0.05, 0) is 18.4 Å². The van der Waals surface area contributed by atoms with Gasteiger partial charge < -0.3 is 15.0 Å². The monoisotopic (exact) mass is 255 g/mol. The number of amides is 1. The fraction of sp³-hybridized carbons (Fsp3) is 0.923. The van der Waals surface area contributed by atoms with Gasteiger partial charge in [-0.3, -0.25) is 4.90 Å². The summed E-state index contributed by atoms with van der Waals surface area (Å²) in [5.74, 6) is 0. The molecule has 1 unspecified atom stereocenters. The molecule has 0 aromatic rings. The van der Waals surface area contributed by atoms with Crippen molar-refractivity contribution in [3.8, 4) is 0 Å². The SMILES string of the molecule is COC(=O)N1CCN(C2CNCCC2(C)C)CC1. The van der Waals surface area contributed by atoms with E-state index in [-0.39, 0.29) is 6.09 Å². The molecule has 18 heavy (non-hydrogen) atoms. The van der Waals surface area contributed by atoms with E-state index in [1.165, 1.54) is 13.5 Å². The Labute approximate surface area is 109 Å². The van der Waals surface area contributed by atoms with Crippen LogP contribution < -0.4 is 5.32 Å². The quantitative estimate of drug-likeness (QED) is 0.751. The molecule has 2 rings (SSSR count). The van der Waals surface area contributed by atoms with Crippen molar-refractivity contribution < 1.29 is 9.53 Å². The van der Waals surface area contributed by atoms with Gasteiger partial charge in [-0.15, -0.1) is 0 Å². The second-order valence-corrected chi connectivity index (χ2v) is 5.95. The van der Waals surface area contributed by atoms with Gasteiger partial charge in [0.05, 0.1) is 7.11 Å². The van der Waals surface area contributed by atoms with Crippen LogP contribution in [0.25, 0.3) is 0 Å². The Hall–Kier alpha value is -0.810. The lowest BCUT2D eigenvalue weighted by molar-refractivity contribution is 0.0211. The fourth-order valence-corrected chi connectivity index (χ4v) is 3.06. The number of piperazine rings is 1. The van der Waals surface area contributed by atoms with E-state index in [0.29, 0.717) is 11.5 Å². The van der Waals surface area contributed by atoms with Crippen LogP contribution in [0.15, 0.2) is 0 Å². The van der Waals surface area contributed by atoms with Gasteiger partial charge in [0.15, 0.2) is 0 Å². The number of methoxy groups -OCH3 is 1. The molecule has 0 aliphatic carbocycles. The number of hydrogen-bond acceptors (Lipinski definition) is 4. The molecule has 2 aliphatic heterocycles. The summed E-state index contributed by atoms with van der Waals surface area (Å²) in [7, 11) is 1.45. The molecule has 2 fully saturated rings. The van der Waals surface area contributed by atoms with E-state index in [0.717, 1.165) is 39.3 Å². The zero-order valence-corrected chi connectivity index (χ0v) is 11.7. The standard InChI is InChI=1S/C13H25N3O2/c1-13(2)4-5-14-10-11(13)15-6-8-16(9-7-15)12(17)18-3/h11,14H,4-10H2,1-3H3. The zero-order valence-electron chi connectivity index (χ0n) is 11.7. The third-order valence-electron chi connectivity index (χ3n) is 4.37. The minimum Gasteiger partial charge on any atom is -0.453 e. The van der Waals surface area contributed by atoms with Gasteiger partial charge in [-0.2, -0.15) is 0 Å². The normalized spacial score (nSPS) is 29.1. The van der Waals surface area contributed by atoms with Crippen LogP contribution in [-0.4, -0.2) is 68.3 Å². The van der Waals surface area contributed by atoms with Crippen LogP contribution in [0.4, 0.5) is 4.79 Å². The summed E-state index contributed by atoms with van der Waals surface area (Å²) in [6, 6.07) is 0.575. The molecule has 0 saturated carbocycles. The first-order valence-electron chi connectivity index (χ1n) is 6.82. The Morgan fingerprint density at radius 2 is 1.94 bits per heavy atom. The average molecular weight is 255 g/mol. The molecule has 104 valence electrons. The van der Waals surface area contributed by atoms with Gasteiger partial charge in [0.25, 0.3) is 0 Å². The lowest BCUT2D eigenvalue weighted by Gasteiger charge is -2.48. The summed E-state index contributed by atoms with van der Waals surface area (Å²) in [5.41, 5.74) is 0.360. The zero-order chi connectivity index (χ0) is 13.2. The van der Waals surface area contributed by atoms with Crippen molar-refractivity contribution in [1.82, 2.24) is 15.1 Å². The van der Waals surface area contributed by atoms with Crippen molar-refractivity contribution in [1.29, 1.82) is 0 Å². The first kappa shape index (κ1) is 13.6. The lowest BCUT2D eigenvalue weighted by Crippen LogP contribution is -2.60. The van der Waals surface area contributed by atoms with E-state index >= 15 is 0 Å². The minimum absolute atomic E-state index is 0.198. The number of nitrogens with zero attached hydrogens (tertiary/aromatic N) is 2. The maximum Gasteiger partial charge on any atom is 0.409 e. The third-order valence-corrected chi connectivity index (χ3v) is 4.37. The molecule has 2 aliphatic rings. The molecule has 2 saturated heterocycles. The first-order chi connectivity index (χ1) is 8.54. The predicted molar refractivity (Wildman–Crippen MR) is 70.6 cm³/mol. The molecular weight excluding hydrogens is 230 g/mol. The second-order valence-electron chi connectivity index (χ2n) is 5.95. The van der Waals surface area contributed by atoms with Crippen LogP contribution in [0.3, 0.4) is 0 Å². The van der Waals surface area contributed by atoms with Crippen LogP contribution in [-0.2, 0) is 4.74 Å². The van der Waals surface area contributed by atoms with Crippen LogP contribution >= 0.6 is 0 Å². The van der Waals surface area contributed by atoms with E-state index in [4.69, 9.17) is 4.74 Å². The lowest BCUT2D eigenvalue weighted by atomic mass is 9.77. The summed E-state index contributed by atoms with van der Waals surface area (Å²) in [6.07, 6.45) is 1.02. The van der Waals surface area contributed by atoms with Crippen molar-refractivity contribution in [2.75, 3.05) is 46.4 Å². The largest absolute Gasteiger partial charge is 0.453 e. The van der Waals surface area contributed by atoms with Gasteiger partial charge in [0.2, 0.25) is 0 Å². The van der Waals surface area contributed by atoms with Crippen molar-refractivity contribution >= 4 is 6.09 Å². The summed E-state index contributed by atoms with van der Waals surface area (Å²) in [4.78, 5) is 15.8. The van der Waals surface area contributed by atoms with Crippen molar-refractivity contribution in [2.45, 2.75) is 26.3 Å². The highest BCUT2D eigenvalue weighted by atomic mass is 16.5. The van der Waals surface area contributed by atoms with Gasteiger partial charge in [0.1, 0.15) is 0 Å². The molecule has 0 bridgehead atoms. The van der Waals surface area contributed by atoms with Gasteiger partial charge >= 0.3 is 6.09 Å². The van der Waals surface area contributed by atoms with Crippen molar-refractivity contribution in [3.05, 3.63) is 0 Å². The number of carbonyl (C=O) groups is 1. The molecule has 0 aromatic heterocycles. The van der Waals surface area contributed by atoms with E-state index in [1.807, 2.05) is 0 Å². The number of carbonyl (C=O) groups excluding carboxylic acids is 1. The third kappa shape index (κ3) is 2.78. The average Bonchev–Trinajstić information content (AvgIpc) is 2.37. The van der Waals surface area contributed by atoms with Crippen molar-refractivity contribution in [2.24, 2.45) is 5.41 Å². The Kier molecular flexibility index (Phi) is 4.12. The van der Waals surface area contributed by atoms with Crippen LogP contribution in [0.1, 0.15) is 20.3 Å². The minimum atomic E-state index is -0.198. The molecular formula is C13H25N3O2. The molecule has 1 N–H and O–H groups in total. The molecule has 0 spiro atoms. The molecule has 5 nitrogen and oxygen atoms in total. The highest BCUT2D eigenvalue weighted by Crippen LogP contribution is 2.31. The maximum absolute atomic E-state index is 11.5. The molecule has 1 atom stereocenters. The smallest absolute Gasteiger partial charge is 0.409 e. The number of hydrogen-bond donors (Lipinski definition) is 1. The van der Waals surface area contributed by atoms with Crippen molar-refractivity contribution in [3.63, 3.8) is 0 Å². The molecule has 0 aromatic carbocycles. The Morgan fingerprint density at radius 3 is 2.50 bits per heavy atom.